The maximum atomic E-state index is 12.3. The lowest BCUT2D eigenvalue weighted by molar-refractivity contribution is -0.161. The molecule has 0 aliphatic heterocycles. The Kier molecular flexibility index (Phi) is 32.0. The van der Waals surface area contributed by atoms with E-state index in [1.54, 1.807) is 0 Å². The Morgan fingerprint density at radius 2 is 0.979 bits per heavy atom. The molecule has 0 aliphatic rings. The van der Waals surface area contributed by atoms with Gasteiger partial charge in [-0.2, -0.15) is 0 Å². The first-order valence-electron chi connectivity index (χ1n) is 18.1. The van der Waals surface area contributed by atoms with Gasteiger partial charge in [0, 0.05) is 12.8 Å². The molecular formula is C38H65O8P. The Bertz CT molecular complexity index is 947. The molecule has 0 saturated carbocycles. The van der Waals surface area contributed by atoms with Crippen LogP contribution in [0.15, 0.2) is 60.8 Å². The van der Waals surface area contributed by atoms with E-state index in [1.165, 1.54) is 32.1 Å². The highest BCUT2D eigenvalue weighted by Crippen LogP contribution is 2.35. The van der Waals surface area contributed by atoms with E-state index in [0.717, 1.165) is 77.0 Å². The summed E-state index contributed by atoms with van der Waals surface area (Å²) < 4.78 is 26.2. The largest absolute Gasteiger partial charge is 0.469 e. The molecule has 8 nitrogen and oxygen atoms in total. The van der Waals surface area contributed by atoms with Crippen LogP contribution in [0.1, 0.15) is 149 Å². The van der Waals surface area contributed by atoms with Crippen LogP contribution < -0.4 is 0 Å². The molecular weight excluding hydrogens is 615 g/mol. The van der Waals surface area contributed by atoms with Gasteiger partial charge in [0.25, 0.3) is 0 Å². The van der Waals surface area contributed by atoms with Crippen molar-refractivity contribution < 1.29 is 37.9 Å². The molecule has 0 unspecified atom stereocenters. The van der Waals surface area contributed by atoms with Crippen LogP contribution >= 0.6 is 7.82 Å². The Hall–Kier alpha value is -2.25. The van der Waals surface area contributed by atoms with Gasteiger partial charge < -0.3 is 19.3 Å². The monoisotopic (exact) mass is 680 g/mol. The van der Waals surface area contributed by atoms with Crippen LogP contribution in [0.2, 0.25) is 0 Å². The molecule has 0 aromatic rings. The minimum absolute atomic E-state index is 0.157. The normalized spacial score (nSPS) is 13.2. The summed E-state index contributed by atoms with van der Waals surface area (Å²) in [5.74, 6) is -0.953. The summed E-state index contributed by atoms with van der Waals surface area (Å²) >= 11 is 0. The smallest absolute Gasteiger partial charge is 0.462 e. The highest BCUT2D eigenvalue weighted by molar-refractivity contribution is 7.46. The lowest BCUT2D eigenvalue weighted by Gasteiger charge is -2.18. The van der Waals surface area contributed by atoms with Gasteiger partial charge in [-0.3, -0.25) is 14.1 Å². The van der Waals surface area contributed by atoms with Crippen molar-refractivity contribution in [2.45, 2.75) is 155 Å². The standard InChI is InChI=1S/C38H65O8P/c1-3-5-7-9-11-13-15-17-19-21-23-25-27-29-31-33-38(40)46-36(35-45-47(41,42)43)34-44-37(39)32-30-28-26-24-22-20-18-16-14-12-10-8-6-4-2/h10-13,16-19,23,25,36H,3-9,14-15,20-22,24,26-35H2,1-2H3,(H2,41,42,43)/b12-10+,13-11+,18-16+,19-17+,25-23+/t36-/m1/s1. The third kappa shape index (κ3) is 36.4. The Balaban J connectivity index is 4.10. The molecule has 0 aliphatic carbocycles. The number of ether oxygens (including phenoxy) is 2. The molecule has 0 bridgehead atoms. The minimum Gasteiger partial charge on any atom is -0.462 e. The van der Waals surface area contributed by atoms with Crippen molar-refractivity contribution in [3.05, 3.63) is 60.8 Å². The summed E-state index contributed by atoms with van der Waals surface area (Å²) in [6.45, 7) is 3.54. The number of hydrogen-bond donors (Lipinski definition) is 2. The fourth-order valence-electron chi connectivity index (χ4n) is 4.51. The van der Waals surface area contributed by atoms with Crippen LogP contribution in [-0.4, -0.2) is 41.0 Å². The zero-order valence-corrected chi connectivity index (χ0v) is 30.3. The molecule has 0 heterocycles. The van der Waals surface area contributed by atoms with Gasteiger partial charge >= 0.3 is 19.8 Å². The first-order chi connectivity index (χ1) is 22.8. The van der Waals surface area contributed by atoms with Crippen LogP contribution in [0.3, 0.4) is 0 Å². The van der Waals surface area contributed by atoms with Crippen LogP contribution in [-0.2, 0) is 28.2 Å². The molecule has 0 amide bonds. The highest BCUT2D eigenvalue weighted by Gasteiger charge is 2.22. The van der Waals surface area contributed by atoms with E-state index in [9.17, 15) is 14.2 Å². The lowest BCUT2D eigenvalue weighted by atomic mass is 10.1. The second kappa shape index (κ2) is 33.6. The number of unbranched alkanes of at least 4 members (excludes halogenated alkanes) is 12. The molecule has 0 aromatic carbocycles. The summed E-state index contributed by atoms with van der Waals surface area (Å²) in [6.07, 6.45) is 40.8. The lowest BCUT2D eigenvalue weighted by Crippen LogP contribution is -2.29. The zero-order chi connectivity index (χ0) is 34.7. The van der Waals surface area contributed by atoms with Crippen molar-refractivity contribution in [2.75, 3.05) is 13.2 Å². The van der Waals surface area contributed by atoms with Gasteiger partial charge in [0.2, 0.25) is 0 Å². The van der Waals surface area contributed by atoms with E-state index in [-0.39, 0.29) is 19.4 Å². The fraction of sp³-hybridized carbons (Fsp3) is 0.684. The third-order valence-corrected chi connectivity index (χ3v) is 7.74. The van der Waals surface area contributed by atoms with Crippen molar-refractivity contribution in [1.82, 2.24) is 0 Å². The maximum absolute atomic E-state index is 12.3. The number of carbonyl (C=O) groups excluding carboxylic acids is 2. The number of esters is 2. The van der Waals surface area contributed by atoms with Gasteiger partial charge in [-0.25, -0.2) is 4.57 Å². The molecule has 1 atom stereocenters. The van der Waals surface area contributed by atoms with Gasteiger partial charge in [0.05, 0.1) is 6.61 Å². The first-order valence-corrected chi connectivity index (χ1v) is 19.6. The second-order valence-electron chi connectivity index (χ2n) is 11.8. The number of phosphoric acid groups is 1. The van der Waals surface area contributed by atoms with E-state index in [0.29, 0.717) is 12.8 Å². The average molecular weight is 681 g/mol. The predicted molar refractivity (Wildman–Crippen MR) is 193 cm³/mol. The van der Waals surface area contributed by atoms with Crippen molar-refractivity contribution in [3.8, 4) is 0 Å². The second-order valence-corrected chi connectivity index (χ2v) is 13.1. The molecule has 0 fully saturated rings. The van der Waals surface area contributed by atoms with Crippen molar-refractivity contribution in [3.63, 3.8) is 0 Å². The van der Waals surface area contributed by atoms with Crippen molar-refractivity contribution in [2.24, 2.45) is 0 Å². The highest BCUT2D eigenvalue weighted by atomic mass is 31.2. The summed E-state index contributed by atoms with van der Waals surface area (Å²) in [4.78, 5) is 42.6. The Labute approximate surface area is 286 Å². The van der Waals surface area contributed by atoms with Crippen LogP contribution in [0.25, 0.3) is 0 Å². The number of phosphoric ester groups is 1. The van der Waals surface area contributed by atoms with Gasteiger partial charge in [0.1, 0.15) is 6.61 Å². The van der Waals surface area contributed by atoms with Gasteiger partial charge in [0.15, 0.2) is 6.10 Å². The van der Waals surface area contributed by atoms with Gasteiger partial charge in [-0.15, -0.1) is 0 Å². The summed E-state index contributed by atoms with van der Waals surface area (Å²) in [5, 5.41) is 0. The molecule has 0 spiro atoms. The average Bonchev–Trinajstić information content (AvgIpc) is 3.03. The van der Waals surface area contributed by atoms with E-state index in [4.69, 9.17) is 19.3 Å². The summed E-state index contributed by atoms with van der Waals surface area (Å²) in [7, 11) is -4.76. The zero-order valence-electron chi connectivity index (χ0n) is 29.4. The number of carbonyl (C=O) groups is 2. The minimum atomic E-state index is -4.76. The fourth-order valence-corrected chi connectivity index (χ4v) is 4.87. The molecule has 2 N–H and O–H groups in total. The number of hydrogen-bond acceptors (Lipinski definition) is 6. The van der Waals surface area contributed by atoms with E-state index in [1.807, 2.05) is 0 Å². The summed E-state index contributed by atoms with van der Waals surface area (Å²) in [5.41, 5.74) is 0. The number of rotatable bonds is 32. The van der Waals surface area contributed by atoms with E-state index in [2.05, 4.69) is 79.1 Å². The molecule has 0 radical (unpaired) electrons. The Morgan fingerprint density at radius 1 is 0.553 bits per heavy atom. The van der Waals surface area contributed by atoms with E-state index < -0.39 is 32.5 Å². The topological polar surface area (TPSA) is 119 Å². The molecule has 0 rings (SSSR count). The molecule has 270 valence electrons. The van der Waals surface area contributed by atoms with Crippen molar-refractivity contribution >= 4 is 19.8 Å². The Morgan fingerprint density at radius 3 is 1.53 bits per heavy atom. The maximum Gasteiger partial charge on any atom is 0.469 e. The number of allylic oxidation sites excluding steroid dienone is 10. The SMILES string of the molecule is CCCC/C=C/C/C=C/CCCCCCCC(=O)OC[C@H](COP(=O)(O)O)OC(=O)CCCC/C=C/C/C=C/C/C=C/CCCCC. The van der Waals surface area contributed by atoms with Crippen LogP contribution in [0.5, 0.6) is 0 Å². The first kappa shape index (κ1) is 44.8. The predicted octanol–water partition coefficient (Wildman–Crippen LogP) is 10.6. The molecule has 9 heteroatoms. The van der Waals surface area contributed by atoms with Gasteiger partial charge in [-0.05, 0) is 77.0 Å². The van der Waals surface area contributed by atoms with Gasteiger partial charge in [-0.1, -0.05) is 120 Å². The molecule has 47 heavy (non-hydrogen) atoms. The van der Waals surface area contributed by atoms with Crippen LogP contribution in [0.4, 0.5) is 0 Å². The van der Waals surface area contributed by atoms with E-state index >= 15 is 0 Å². The summed E-state index contributed by atoms with van der Waals surface area (Å²) in [6, 6.07) is 0. The van der Waals surface area contributed by atoms with Crippen LogP contribution in [0, 0.1) is 0 Å². The van der Waals surface area contributed by atoms with Crippen molar-refractivity contribution in [1.29, 1.82) is 0 Å². The quantitative estimate of drug-likeness (QED) is 0.0312. The molecule has 0 aromatic heterocycles. The molecule has 0 saturated heterocycles. The third-order valence-electron chi connectivity index (χ3n) is 7.26.